The highest BCUT2D eigenvalue weighted by atomic mass is 16.2. The van der Waals surface area contributed by atoms with Gasteiger partial charge in [-0.15, -0.1) is 0 Å². The van der Waals surface area contributed by atoms with E-state index in [2.05, 4.69) is 19.9 Å². The number of hydrogen-bond acceptors (Lipinski definition) is 6. The third kappa shape index (κ3) is 2.93. The molecule has 3 rings (SSSR count). The molecule has 3 heterocycles. The minimum atomic E-state index is -0.0108. The van der Waals surface area contributed by atoms with Crippen LogP contribution >= 0.6 is 0 Å². The fraction of sp³-hybridized carbons (Fsp3) is 0.600. The highest BCUT2D eigenvalue weighted by molar-refractivity contribution is 5.82. The molecule has 0 saturated carbocycles. The lowest BCUT2D eigenvalue weighted by atomic mass is 9.96. The number of nitrogens with one attached hydrogen (secondary N) is 1. The first-order valence-corrected chi connectivity index (χ1v) is 8.14. The number of nitrogen functional groups attached to an aromatic ring is 1. The van der Waals surface area contributed by atoms with E-state index in [1.807, 2.05) is 23.6 Å². The van der Waals surface area contributed by atoms with E-state index >= 15 is 0 Å². The molecule has 23 heavy (non-hydrogen) atoms. The van der Waals surface area contributed by atoms with Gasteiger partial charge in [-0.25, -0.2) is 4.98 Å². The molecule has 3 N–H and O–H groups in total. The van der Waals surface area contributed by atoms with Crippen LogP contribution in [0, 0.1) is 5.92 Å². The minimum Gasteiger partial charge on any atom is -0.382 e. The Balaban J connectivity index is 1.81. The van der Waals surface area contributed by atoms with Gasteiger partial charge in [-0.05, 0) is 26.7 Å². The number of anilines is 2. The molecule has 0 spiro atoms. The summed E-state index contributed by atoms with van der Waals surface area (Å²) in [6, 6.07) is 0. The van der Waals surface area contributed by atoms with Crippen molar-refractivity contribution in [3.8, 4) is 0 Å². The van der Waals surface area contributed by atoms with Crippen LogP contribution in [0.1, 0.15) is 26.7 Å². The standard InChI is InChI=1S/C15H23N7O/c1-3-21(4-2)14(23)10-6-5-7-22(8-10)15-19-12(16)11-13(20-15)18-9-17-11/h9-10H,3-8H2,1-2H3,(H3,16,17,18,19,20). The lowest BCUT2D eigenvalue weighted by Gasteiger charge is -2.34. The Bertz CT molecular complexity index is 694. The number of aromatic nitrogens is 4. The van der Waals surface area contributed by atoms with E-state index in [1.165, 1.54) is 0 Å². The van der Waals surface area contributed by atoms with E-state index in [4.69, 9.17) is 5.73 Å². The van der Waals surface area contributed by atoms with Crippen molar-refractivity contribution >= 4 is 28.8 Å². The summed E-state index contributed by atoms with van der Waals surface area (Å²) in [4.78, 5) is 32.5. The Morgan fingerprint density at radius 3 is 2.96 bits per heavy atom. The average molecular weight is 317 g/mol. The van der Waals surface area contributed by atoms with Gasteiger partial charge in [-0.3, -0.25) is 4.79 Å². The number of hydrogen-bond donors (Lipinski definition) is 2. The third-order valence-corrected chi connectivity index (χ3v) is 4.43. The van der Waals surface area contributed by atoms with Crippen molar-refractivity contribution in [2.45, 2.75) is 26.7 Å². The molecule has 8 heteroatoms. The second-order valence-corrected chi connectivity index (χ2v) is 5.81. The molecule has 0 aromatic carbocycles. The van der Waals surface area contributed by atoms with Crippen molar-refractivity contribution in [3.63, 3.8) is 0 Å². The highest BCUT2D eigenvalue weighted by Crippen LogP contribution is 2.24. The van der Waals surface area contributed by atoms with Gasteiger partial charge in [0.25, 0.3) is 0 Å². The van der Waals surface area contributed by atoms with Crippen LogP contribution in [-0.2, 0) is 4.79 Å². The summed E-state index contributed by atoms with van der Waals surface area (Å²) < 4.78 is 0. The first-order valence-electron chi connectivity index (χ1n) is 8.14. The zero-order chi connectivity index (χ0) is 16.4. The Labute approximate surface area is 135 Å². The molecule has 1 saturated heterocycles. The Hall–Kier alpha value is -2.38. The zero-order valence-electron chi connectivity index (χ0n) is 13.6. The summed E-state index contributed by atoms with van der Waals surface area (Å²) in [6.45, 7) is 6.97. The van der Waals surface area contributed by atoms with Crippen molar-refractivity contribution in [2.75, 3.05) is 36.8 Å². The fourth-order valence-corrected chi connectivity index (χ4v) is 3.14. The molecule has 0 radical (unpaired) electrons. The van der Waals surface area contributed by atoms with Crippen LogP contribution in [0.5, 0.6) is 0 Å². The van der Waals surface area contributed by atoms with Gasteiger partial charge in [0.1, 0.15) is 5.52 Å². The molecular weight excluding hydrogens is 294 g/mol. The first kappa shape index (κ1) is 15.5. The average Bonchev–Trinajstić information content (AvgIpc) is 3.05. The number of amides is 1. The van der Waals surface area contributed by atoms with Crippen molar-refractivity contribution in [2.24, 2.45) is 5.92 Å². The zero-order valence-corrected chi connectivity index (χ0v) is 13.6. The molecule has 1 unspecified atom stereocenters. The quantitative estimate of drug-likeness (QED) is 0.872. The maximum Gasteiger partial charge on any atom is 0.229 e. The van der Waals surface area contributed by atoms with Gasteiger partial charge in [-0.1, -0.05) is 0 Å². The number of piperidine rings is 1. The van der Waals surface area contributed by atoms with Gasteiger partial charge in [0.2, 0.25) is 11.9 Å². The van der Waals surface area contributed by atoms with E-state index in [1.54, 1.807) is 6.33 Å². The lowest BCUT2D eigenvalue weighted by molar-refractivity contribution is -0.135. The smallest absolute Gasteiger partial charge is 0.229 e. The van der Waals surface area contributed by atoms with Crippen LogP contribution in [0.2, 0.25) is 0 Å². The largest absolute Gasteiger partial charge is 0.382 e. The van der Waals surface area contributed by atoms with Crippen molar-refractivity contribution in [1.29, 1.82) is 0 Å². The van der Waals surface area contributed by atoms with E-state index in [9.17, 15) is 4.79 Å². The van der Waals surface area contributed by atoms with Gasteiger partial charge in [0.15, 0.2) is 11.5 Å². The topological polar surface area (TPSA) is 104 Å². The maximum absolute atomic E-state index is 12.6. The molecule has 1 aliphatic rings. The summed E-state index contributed by atoms with van der Waals surface area (Å²) >= 11 is 0. The number of nitrogens with zero attached hydrogens (tertiary/aromatic N) is 5. The van der Waals surface area contributed by atoms with Crippen LogP contribution in [0.3, 0.4) is 0 Å². The SMILES string of the molecule is CCN(CC)C(=O)C1CCCN(c2nc(N)c3[nH]cnc3n2)C1. The molecule has 1 amide bonds. The summed E-state index contributed by atoms with van der Waals surface area (Å²) in [5.74, 6) is 1.15. The Morgan fingerprint density at radius 2 is 2.22 bits per heavy atom. The molecule has 124 valence electrons. The predicted octanol–water partition coefficient (Wildman–Crippen LogP) is 1.02. The summed E-state index contributed by atoms with van der Waals surface area (Å²) in [5, 5.41) is 0. The van der Waals surface area contributed by atoms with Crippen molar-refractivity contribution < 1.29 is 4.79 Å². The van der Waals surface area contributed by atoms with Crippen LogP contribution in [0.4, 0.5) is 11.8 Å². The molecule has 2 aromatic heterocycles. The first-order chi connectivity index (χ1) is 11.1. The number of rotatable bonds is 4. The molecule has 2 aromatic rings. The van der Waals surface area contributed by atoms with E-state index < -0.39 is 0 Å². The third-order valence-electron chi connectivity index (χ3n) is 4.43. The number of carbonyl (C=O) groups excluding carboxylic acids is 1. The number of imidazole rings is 1. The molecule has 0 aliphatic carbocycles. The summed E-state index contributed by atoms with van der Waals surface area (Å²) in [7, 11) is 0. The van der Waals surface area contributed by atoms with Gasteiger partial charge in [0.05, 0.1) is 12.2 Å². The molecular formula is C15H23N7O. The summed E-state index contributed by atoms with van der Waals surface area (Å²) in [6.07, 6.45) is 3.41. The molecule has 1 fully saturated rings. The predicted molar refractivity (Wildman–Crippen MR) is 89.0 cm³/mol. The van der Waals surface area contributed by atoms with E-state index in [0.717, 1.165) is 32.5 Å². The van der Waals surface area contributed by atoms with Crippen molar-refractivity contribution in [1.82, 2.24) is 24.8 Å². The highest BCUT2D eigenvalue weighted by Gasteiger charge is 2.29. The van der Waals surface area contributed by atoms with Crippen LogP contribution in [-0.4, -0.2) is 56.9 Å². The maximum atomic E-state index is 12.6. The van der Waals surface area contributed by atoms with Crippen molar-refractivity contribution in [3.05, 3.63) is 6.33 Å². The molecule has 1 atom stereocenters. The van der Waals surface area contributed by atoms with Crippen LogP contribution < -0.4 is 10.6 Å². The normalized spacial score (nSPS) is 18.3. The van der Waals surface area contributed by atoms with Gasteiger partial charge < -0.3 is 20.5 Å². The number of carbonyl (C=O) groups is 1. The Kier molecular flexibility index (Phi) is 4.31. The monoisotopic (exact) mass is 317 g/mol. The summed E-state index contributed by atoms with van der Waals surface area (Å²) in [5.41, 5.74) is 7.18. The van der Waals surface area contributed by atoms with Gasteiger partial charge in [0, 0.05) is 26.2 Å². The van der Waals surface area contributed by atoms with Gasteiger partial charge in [-0.2, -0.15) is 9.97 Å². The Morgan fingerprint density at radius 1 is 1.43 bits per heavy atom. The van der Waals surface area contributed by atoms with E-state index in [-0.39, 0.29) is 11.8 Å². The molecule has 8 nitrogen and oxygen atoms in total. The second-order valence-electron chi connectivity index (χ2n) is 5.81. The molecule has 1 aliphatic heterocycles. The van der Waals surface area contributed by atoms with Crippen LogP contribution in [0.15, 0.2) is 6.33 Å². The number of H-pyrrole nitrogens is 1. The van der Waals surface area contributed by atoms with E-state index in [0.29, 0.717) is 29.5 Å². The number of nitrogens with two attached hydrogens (primary N) is 1. The molecule has 0 bridgehead atoms. The minimum absolute atomic E-state index is 0.0108. The lowest BCUT2D eigenvalue weighted by Crippen LogP contribution is -2.45. The number of aromatic amines is 1. The van der Waals surface area contributed by atoms with Gasteiger partial charge >= 0.3 is 0 Å². The fourth-order valence-electron chi connectivity index (χ4n) is 3.14. The van der Waals surface area contributed by atoms with Crippen LogP contribution in [0.25, 0.3) is 11.2 Å². The second kappa shape index (κ2) is 6.39. The number of fused-ring (bicyclic) bond motifs is 1.